The van der Waals surface area contributed by atoms with Gasteiger partial charge in [0.2, 0.25) is 0 Å². The molecule has 0 fully saturated rings. The van der Waals surface area contributed by atoms with E-state index in [4.69, 9.17) is 4.42 Å². The van der Waals surface area contributed by atoms with E-state index in [1.807, 2.05) is 6.07 Å². The molecule has 0 amide bonds. The van der Waals surface area contributed by atoms with Gasteiger partial charge in [-0.05, 0) is 104 Å². The highest BCUT2D eigenvalue weighted by molar-refractivity contribution is 6.06. The van der Waals surface area contributed by atoms with Gasteiger partial charge >= 0.3 is 0 Å². The molecule has 0 radical (unpaired) electrons. The lowest BCUT2D eigenvalue weighted by Crippen LogP contribution is -2.40. The maximum Gasteiger partial charge on any atom is 0.137 e. The van der Waals surface area contributed by atoms with Gasteiger partial charge in [-0.1, -0.05) is 168 Å². The molecule has 1 aromatic heterocycles. The summed E-state index contributed by atoms with van der Waals surface area (Å²) in [6, 6.07) is 67.6. The molecule has 1 heterocycles. The Morgan fingerprint density at radius 1 is 0.431 bits per heavy atom. The number of fused-ring (bicyclic) bond motifs is 12. The van der Waals surface area contributed by atoms with Crippen molar-refractivity contribution in [3.8, 4) is 22.3 Å². The number of furan rings is 1. The number of hydrogen-bond donors (Lipinski definition) is 0. The average Bonchev–Trinajstić information content (AvgIpc) is 3.77. The third kappa shape index (κ3) is 4.84. The highest BCUT2D eigenvalue weighted by atomic mass is 16.3. The lowest BCUT2D eigenvalue weighted by atomic mass is 9.55. The van der Waals surface area contributed by atoms with Crippen LogP contribution in [0.5, 0.6) is 0 Å². The van der Waals surface area contributed by atoms with Gasteiger partial charge in [-0.3, -0.25) is 0 Å². The summed E-state index contributed by atoms with van der Waals surface area (Å²) in [7, 11) is 0. The molecular formula is C56H45NO. The zero-order valence-corrected chi connectivity index (χ0v) is 33.7. The lowest BCUT2D eigenvalue weighted by molar-refractivity contribution is 0.563. The summed E-state index contributed by atoms with van der Waals surface area (Å²) < 4.78 is 6.58. The molecule has 8 aromatic carbocycles. The van der Waals surface area contributed by atoms with E-state index < -0.39 is 5.41 Å². The van der Waals surface area contributed by atoms with E-state index in [1.54, 1.807) is 0 Å². The monoisotopic (exact) mass is 747 g/mol. The zero-order chi connectivity index (χ0) is 39.4. The third-order valence-corrected chi connectivity index (χ3v) is 13.1. The van der Waals surface area contributed by atoms with E-state index in [1.165, 1.54) is 61.2 Å². The average molecular weight is 748 g/mol. The molecule has 0 bridgehead atoms. The summed E-state index contributed by atoms with van der Waals surface area (Å²) in [4.78, 5) is 2.47. The minimum Gasteiger partial charge on any atom is -0.456 e. The smallest absolute Gasteiger partial charge is 0.137 e. The first-order valence-corrected chi connectivity index (χ1v) is 20.5. The number of anilines is 3. The van der Waals surface area contributed by atoms with E-state index in [-0.39, 0.29) is 10.8 Å². The van der Waals surface area contributed by atoms with Gasteiger partial charge in [0.05, 0.1) is 11.1 Å². The van der Waals surface area contributed by atoms with Crippen LogP contribution in [-0.4, -0.2) is 0 Å². The van der Waals surface area contributed by atoms with E-state index in [9.17, 15) is 0 Å². The number of para-hydroxylation sites is 1. The van der Waals surface area contributed by atoms with Crippen molar-refractivity contribution in [3.05, 3.63) is 221 Å². The minimum atomic E-state index is -0.503. The number of hydrogen-bond acceptors (Lipinski definition) is 2. The summed E-state index contributed by atoms with van der Waals surface area (Å²) >= 11 is 0. The van der Waals surface area contributed by atoms with E-state index in [2.05, 4.69) is 215 Å². The first kappa shape index (κ1) is 34.6. The standard InChI is InChI=1S/C56H45NO/c1-54(2,3)37-27-32-51(44(33-37)36-17-7-6-8-18-36)57(39-28-30-43-42-21-11-16-26-52(42)58-53(43)35-39)38-29-31-48-50(34-38)56(49-25-15-14-24-47(49)55(48,4)5)45-22-12-9-19-40(45)41-20-10-13-23-46(41)56/h6-35H,1-5H3. The molecule has 11 rings (SSSR count). The topological polar surface area (TPSA) is 16.4 Å². The van der Waals surface area contributed by atoms with Crippen molar-refractivity contribution in [2.45, 2.75) is 50.9 Å². The number of rotatable bonds is 4. The van der Waals surface area contributed by atoms with E-state index in [0.29, 0.717) is 0 Å². The molecule has 1 spiro atoms. The van der Waals surface area contributed by atoms with Gasteiger partial charge in [-0.25, -0.2) is 0 Å². The molecule has 0 saturated carbocycles. The van der Waals surface area contributed by atoms with Crippen LogP contribution in [0, 0.1) is 0 Å². The van der Waals surface area contributed by atoms with E-state index in [0.717, 1.165) is 39.0 Å². The van der Waals surface area contributed by atoms with Crippen LogP contribution >= 0.6 is 0 Å². The molecule has 0 saturated heterocycles. The Kier molecular flexibility index (Phi) is 7.41. The fourth-order valence-electron chi connectivity index (χ4n) is 10.3. The Hall–Kier alpha value is -6.64. The van der Waals surface area contributed by atoms with Gasteiger partial charge in [-0.15, -0.1) is 0 Å². The van der Waals surface area contributed by atoms with Crippen molar-refractivity contribution in [1.82, 2.24) is 0 Å². The Bertz CT molecular complexity index is 3040. The fourth-order valence-corrected chi connectivity index (χ4v) is 10.3. The molecule has 58 heavy (non-hydrogen) atoms. The van der Waals surface area contributed by atoms with Crippen LogP contribution in [0.25, 0.3) is 44.2 Å². The summed E-state index contributed by atoms with van der Waals surface area (Å²) in [5, 5.41) is 2.25. The van der Waals surface area contributed by atoms with Crippen molar-refractivity contribution in [1.29, 1.82) is 0 Å². The molecule has 0 aliphatic heterocycles. The second-order valence-corrected chi connectivity index (χ2v) is 17.7. The summed E-state index contributed by atoms with van der Waals surface area (Å²) in [5.74, 6) is 0. The van der Waals surface area contributed by atoms with Crippen LogP contribution in [0.15, 0.2) is 186 Å². The molecule has 2 nitrogen and oxygen atoms in total. The number of benzene rings is 8. The predicted octanol–water partition coefficient (Wildman–Crippen LogP) is 15.0. The van der Waals surface area contributed by atoms with Crippen molar-refractivity contribution in [2.24, 2.45) is 0 Å². The predicted molar refractivity (Wildman–Crippen MR) is 242 cm³/mol. The molecular weight excluding hydrogens is 703 g/mol. The summed E-state index contributed by atoms with van der Waals surface area (Å²) in [6.07, 6.45) is 0. The Morgan fingerprint density at radius 2 is 1.00 bits per heavy atom. The third-order valence-electron chi connectivity index (χ3n) is 13.1. The van der Waals surface area contributed by atoms with Gasteiger partial charge < -0.3 is 9.32 Å². The highest BCUT2D eigenvalue weighted by Crippen LogP contribution is 2.62. The first-order valence-electron chi connectivity index (χ1n) is 20.5. The minimum absolute atomic E-state index is 0.0273. The van der Waals surface area contributed by atoms with Crippen molar-refractivity contribution >= 4 is 39.0 Å². The van der Waals surface area contributed by atoms with Gasteiger partial charge in [0.25, 0.3) is 0 Å². The molecule has 0 N–H and O–H groups in total. The maximum absolute atomic E-state index is 6.58. The largest absolute Gasteiger partial charge is 0.456 e. The Balaban J connectivity index is 1.24. The van der Waals surface area contributed by atoms with Gasteiger partial charge in [0.1, 0.15) is 11.2 Å². The Morgan fingerprint density at radius 3 is 1.72 bits per heavy atom. The van der Waals surface area contributed by atoms with Gasteiger partial charge in [-0.2, -0.15) is 0 Å². The second kappa shape index (κ2) is 12.4. The zero-order valence-electron chi connectivity index (χ0n) is 33.7. The quantitative estimate of drug-likeness (QED) is 0.178. The Labute approximate surface area is 341 Å². The van der Waals surface area contributed by atoms with Crippen LogP contribution in [0.3, 0.4) is 0 Å². The van der Waals surface area contributed by atoms with Crippen LogP contribution in [-0.2, 0) is 16.2 Å². The molecule has 2 aliphatic carbocycles. The molecule has 0 atom stereocenters. The van der Waals surface area contributed by atoms with Gasteiger partial charge in [0, 0.05) is 39.2 Å². The fraction of sp³-hybridized carbons (Fsp3) is 0.143. The summed E-state index contributed by atoms with van der Waals surface area (Å²) in [5.41, 5.74) is 18.6. The number of nitrogens with zero attached hydrogens (tertiary/aromatic N) is 1. The van der Waals surface area contributed by atoms with Crippen molar-refractivity contribution in [3.63, 3.8) is 0 Å². The molecule has 2 aliphatic rings. The van der Waals surface area contributed by atoms with Crippen LogP contribution in [0.1, 0.15) is 73.6 Å². The lowest BCUT2D eigenvalue weighted by Gasteiger charge is -2.47. The molecule has 9 aromatic rings. The second-order valence-electron chi connectivity index (χ2n) is 17.7. The van der Waals surface area contributed by atoms with Crippen LogP contribution in [0.4, 0.5) is 17.1 Å². The summed E-state index contributed by atoms with van der Waals surface area (Å²) in [6.45, 7) is 11.7. The van der Waals surface area contributed by atoms with Crippen molar-refractivity contribution in [2.75, 3.05) is 4.90 Å². The molecule has 280 valence electrons. The molecule has 0 unspecified atom stereocenters. The maximum atomic E-state index is 6.58. The van der Waals surface area contributed by atoms with Crippen LogP contribution < -0.4 is 4.90 Å². The van der Waals surface area contributed by atoms with Crippen LogP contribution in [0.2, 0.25) is 0 Å². The van der Waals surface area contributed by atoms with Gasteiger partial charge in [0.15, 0.2) is 0 Å². The van der Waals surface area contributed by atoms with E-state index >= 15 is 0 Å². The van der Waals surface area contributed by atoms with Crippen molar-refractivity contribution < 1.29 is 4.42 Å². The SMILES string of the molecule is CC(C)(C)c1ccc(N(c2ccc3c(c2)C2(c4ccccc4-c4ccccc42)c2ccccc2C3(C)C)c2ccc3c(c2)oc2ccccc23)c(-c2ccccc2)c1. The highest BCUT2D eigenvalue weighted by Gasteiger charge is 2.53. The molecule has 2 heteroatoms. The normalized spacial score (nSPS) is 14.6. The first-order chi connectivity index (χ1) is 28.2.